The second-order valence-corrected chi connectivity index (χ2v) is 12.3. The Kier molecular flexibility index (Phi) is 15.8. The molecule has 1 aliphatic heterocycles. The summed E-state index contributed by atoms with van der Waals surface area (Å²) in [4.78, 5) is 46.9. The molecule has 0 bridgehead atoms. The quantitative estimate of drug-likeness (QED) is 0.144. The highest BCUT2D eigenvalue weighted by Gasteiger charge is 2.51. The molecule has 1 heterocycles. The minimum absolute atomic E-state index is 0.0474. The highest BCUT2D eigenvalue weighted by Crippen LogP contribution is 2.33. The van der Waals surface area contributed by atoms with Crippen LogP contribution in [0.1, 0.15) is 85.8 Å². The summed E-state index contributed by atoms with van der Waals surface area (Å²) in [7, 11) is 0. The molecule has 1 aromatic rings. The Bertz CT molecular complexity index is 1390. The van der Waals surface area contributed by atoms with Gasteiger partial charge >= 0.3 is 23.9 Å². The summed E-state index contributed by atoms with van der Waals surface area (Å²) in [5.74, 6) is -2.07. The van der Waals surface area contributed by atoms with Gasteiger partial charge in [0.15, 0.2) is 18.3 Å². The molecule has 2 N–H and O–H groups in total. The maximum absolute atomic E-state index is 11.9. The van der Waals surface area contributed by atoms with E-state index in [0.29, 0.717) is 29.7 Å². The van der Waals surface area contributed by atoms with Crippen LogP contribution in [0.25, 0.3) is 0 Å². The number of benzene rings is 1. The number of hydrogen-bond donors (Lipinski definition) is 2. The van der Waals surface area contributed by atoms with Crippen molar-refractivity contribution in [2.24, 2.45) is 0 Å². The first-order valence-corrected chi connectivity index (χ1v) is 15.9. The van der Waals surface area contributed by atoms with Gasteiger partial charge in [-0.1, -0.05) is 28.9 Å². The Labute approximate surface area is 282 Å². The third kappa shape index (κ3) is 13.5. The monoisotopic (exact) mass is 674 g/mol. The molecule has 0 radical (unpaired) electrons. The highest BCUT2D eigenvalue weighted by atomic mass is 16.7. The van der Waals surface area contributed by atoms with Crippen LogP contribution < -0.4 is 4.74 Å². The predicted molar refractivity (Wildman–Crippen MR) is 176 cm³/mol. The lowest BCUT2D eigenvalue weighted by atomic mass is 9.98. The van der Waals surface area contributed by atoms with Crippen molar-refractivity contribution in [1.29, 1.82) is 0 Å². The Hall–Kier alpha value is -4.16. The van der Waals surface area contributed by atoms with Gasteiger partial charge in [-0.3, -0.25) is 19.2 Å². The van der Waals surface area contributed by atoms with Gasteiger partial charge in [0.2, 0.25) is 6.29 Å². The topological polar surface area (TPSA) is 164 Å². The average molecular weight is 675 g/mol. The zero-order chi connectivity index (χ0) is 36.1. The molecule has 1 aliphatic rings. The SMILES string of the molecule is CC(=O)OC[C@H]1O[C@@H](Oc2cc(C)c(O)cc2C/C=C(\C)CC/C=C(\C)C[C@H](C=C(C)C)OC(C)=O)[C@H](O)[C@@H](OC(C)=O)[C@H]1OC(C)=O. The van der Waals surface area contributed by atoms with Crippen molar-refractivity contribution in [3.63, 3.8) is 0 Å². The molecule has 48 heavy (non-hydrogen) atoms. The van der Waals surface area contributed by atoms with Crippen molar-refractivity contribution in [2.75, 3.05) is 6.61 Å². The number of rotatable bonds is 15. The molecular weight excluding hydrogens is 624 g/mol. The predicted octanol–water partition coefficient (Wildman–Crippen LogP) is 5.10. The largest absolute Gasteiger partial charge is 0.508 e. The molecule has 0 amide bonds. The highest BCUT2D eigenvalue weighted by molar-refractivity contribution is 5.68. The van der Waals surface area contributed by atoms with Gasteiger partial charge in [0.1, 0.15) is 30.3 Å². The fourth-order valence-corrected chi connectivity index (χ4v) is 5.15. The van der Waals surface area contributed by atoms with E-state index in [1.54, 1.807) is 19.1 Å². The van der Waals surface area contributed by atoms with Gasteiger partial charge in [0.25, 0.3) is 0 Å². The standard InChI is InChI=1S/C36H50O12/c1-20(2)15-29(44-25(7)38)16-22(4)12-10-11-21(3)13-14-28-18-30(41)23(5)17-31(28)47-36-33(42)35(46-27(9)40)34(45-26(8)39)32(48-36)19-43-24(6)37/h12-13,15,17-18,29,32-36,41-42H,10-11,14,16,19H2,1-9H3/b21-13+,22-12+/t29-,32+,33+,34-,35+,36+/m0/s1. The van der Waals surface area contributed by atoms with E-state index in [1.165, 1.54) is 13.8 Å². The van der Waals surface area contributed by atoms with Crippen molar-refractivity contribution < 1.29 is 57.8 Å². The van der Waals surface area contributed by atoms with Crippen molar-refractivity contribution in [1.82, 2.24) is 0 Å². The number of hydrogen-bond acceptors (Lipinski definition) is 12. The first-order chi connectivity index (χ1) is 22.5. The number of allylic oxidation sites excluding steroid dienone is 4. The molecule has 0 unspecified atom stereocenters. The Morgan fingerprint density at radius 2 is 1.52 bits per heavy atom. The van der Waals surface area contributed by atoms with Gasteiger partial charge in [0, 0.05) is 39.7 Å². The first-order valence-electron chi connectivity index (χ1n) is 15.9. The molecule has 1 aromatic carbocycles. The number of carbonyl (C=O) groups is 4. The molecule has 1 fully saturated rings. The maximum Gasteiger partial charge on any atom is 0.303 e. The van der Waals surface area contributed by atoms with E-state index in [0.717, 1.165) is 43.4 Å². The smallest absolute Gasteiger partial charge is 0.303 e. The van der Waals surface area contributed by atoms with Crippen molar-refractivity contribution in [3.05, 3.63) is 58.2 Å². The van der Waals surface area contributed by atoms with Gasteiger partial charge in [-0.05, 0) is 77.7 Å². The van der Waals surface area contributed by atoms with Gasteiger partial charge in [-0.25, -0.2) is 0 Å². The molecule has 0 aromatic heterocycles. The Balaban J connectivity index is 2.25. The van der Waals surface area contributed by atoms with Gasteiger partial charge < -0.3 is 38.6 Å². The summed E-state index contributed by atoms with van der Waals surface area (Å²) < 4.78 is 33.3. The number of phenols is 1. The number of aliphatic hydroxyl groups is 1. The lowest BCUT2D eigenvalue weighted by Crippen LogP contribution is -2.62. The Morgan fingerprint density at radius 1 is 0.875 bits per heavy atom. The molecule has 6 atom stereocenters. The van der Waals surface area contributed by atoms with Crippen molar-refractivity contribution in [3.8, 4) is 11.5 Å². The number of phenolic OH excluding ortho intramolecular Hbond substituents is 1. The molecule has 0 spiro atoms. The molecular formula is C36H50O12. The first kappa shape index (κ1) is 40.0. The third-order valence-corrected chi connectivity index (χ3v) is 7.35. The van der Waals surface area contributed by atoms with Crippen LogP contribution in [0.15, 0.2) is 47.1 Å². The van der Waals surface area contributed by atoms with E-state index in [9.17, 15) is 29.4 Å². The fourth-order valence-electron chi connectivity index (χ4n) is 5.15. The zero-order valence-electron chi connectivity index (χ0n) is 29.4. The van der Waals surface area contributed by atoms with Gasteiger partial charge in [-0.2, -0.15) is 0 Å². The number of ether oxygens (including phenoxy) is 6. The number of aliphatic hydroxyl groups excluding tert-OH is 1. The van der Waals surface area contributed by atoms with Crippen LogP contribution in [0.5, 0.6) is 11.5 Å². The number of aryl methyl sites for hydroxylation is 1. The fraction of sp³-hybridized carbons (Fsp3) is 0.556. The number of esters is 4. The second kappa shape index (κ2) is 19.0. The number of aromatic hydroxyl groups is 1. The van der Waals surface area contributed by atoms with Crippen LogP contribution in [0.2, 0.25) is 0 Å². The third-order valence-electron chi connectivity index (χ3n) is 7.35. The maximum atomic E-state index is 11.9. The summed E-state index contributed by atoms with van der Waals surface area (Å²) in [6, 6.07) is 3.16. The molecule has 0 aliphatic carbocycles. The van der Waals surface area contributed by atoms with E-state index in [-0.39, 0.29) is 24.4 Å². The summed E-state index contributed by atoms with van der Waals surface area (Å²) in [6.45, 7) is 14.1. The minimum atomic E-state index is -1.60. The Morgan fingerprint density at radius 3 is 2.10 bits per heavy atom. The lowest BCUT2D eigenvalue weighted by Gasteiger charge is -2.42. The van der Waals surface area contributed by atoms with Crippen LogP contribution in [0.3, 0.4) is 0 Å². The van der Waals surface area contributed by atoms with Gasteiger partial charge in [0.05, 0.1) is 0 Å². The second-order valence-electron chi connectivity index (χ2n) is 12.3. The van der Waals surface area contributed by atoms with E-state index in [4.69, 9.17) is 28.4 Å². The molecule has 2 rings (SSSR count). The minimum Gasteiger partial charge on any atom is -0.508 e. The van der Waals surface area contributed by atoms with Crippen LogP contribution in [0.4, 0.5) is 0 Å². The number of carbonyl (C=O) groups excluding carboxylic acids is 4. The zero-order valence-corrected chi connectivity index (χ0v) is 29.4. The van der Waals surface area contributed by atoms with Gasteiger partial charge in [-0.15, -0.1) is 0 Å². The average Bonchev–Trinajstić information content (AvgIpc) is 2.95. The normalized spacial score (nSPS) is 21.8. The van der Waals surface area contributed by atoms with Crippen LogP contribution in [-0.2, 0) is 49.3 Å². The lowest BCUT2D eigenvalue weighted by molar-refractivity contribution is -0.285. The molecule has 0 saturated carbocycles. The summed E-state index contributed by atoms with van der Waals surface area (Å²) >= 11 is 0. The van der Waals surface area contributed by atoms with E-state index >= 15 is 0 Å². The van der Waals surface area contributed by atoms with Crippen LogP contribution in [-0.4, -0.2) is 77.5 Å². The molecule has 266 valence electrons. The summed E-state index contributed by atoms with van der Waals surface area (Å²) in [5, 5.41) is 21.7. The van der Waals surface area contributed by atoms with E-state index in [1.807, 2.05) is 39.8 Å². The van der Waals surface area contributed by atoms with E-state index in [2.05, 4.69) is 6.08 Å². The van der Waals surface area contributed by atoms with Crippen LogP contribution >= 0.6 is 0 Å². The molecule has 12 nitrogen and oxygen atoms in total. The summed E-state index contributed by atoms with van der Waals surface area (Å²) in [5.41, 5.74) is 4.35. The van der Waals surface area contributed by atoms with Crippen molar-refractivity contribution >= 4 is 23.9 Å². The molecule has 1 saturated heterocycles. The molecule has 12 heteroatoms. The van der Waals surface area contributed by atoms with Crippen molar-refractivity contribution in [2.45, 2.75) is 125 Å². The van der Waals surface area contributed by atoms with E-state index < -0.39 is 48.6 Å². The van der Waals surface area contributed by atoms with Crippen LogP contribution in [0, 0.1) is 6.92 Å². The summed E-state index contributed by atoms with van der Waals surface area (Å²) in [6.07, 6.45) is 1.42.